The number of hydrogen-bond donors (Lipinski definition) is 0. The fourth-order valence-corrected chi connectivity index (χ4v) is 3.56. The lowest BCUT2D eigenvalue weighted by Crippen LogP contribution is -2.46. The summed E-state index contributed by atoms with van der Waals surface area (Å²) >= 11 is 0. The lowest BCUT2D eigenvalue weighted by Gasteiger charge is -2.36. The van der Waals surface area contributed by atoms with Crippen LogP contribution in [-0.4, -0.2) is 52.1 Å². The van der Waals surface area contributed by atoms with Crippen LogP contribution in [0.3, 0.4) is 0 Å². The van der Waals surface area contributed by atoms with Crippen LogP contribution in [0.15, 0.2) is 39.8 Å². The molecule has 6 nitrogen and oxygen atoms in total. The lowest BCUT2D eigenvalue weighted by molar-refractivity contribution is 0.238. The predicted molar refractivity (Wildman–Crippen MR) is 91.7 cm³/mol. The van der Waals surface area contributed by atoms with Crippen molar-refractivity contribution in [1.29, 1.82) is 0 Å². The van der Waals surface area contributed by atoms with E-state index in [1.807, 2.05) is 6.92 Å². The number of nitrogens with zero attached hydrogens (tertiary/aromatic N) is 5. The fourth-order valence-electron chi connectivity index (χ4n) is 3.56. The molecule has 3 heterocycles. The first-order valence-electron chi connectivity index (χ1n) is 8.68. The summed E-state index contributed by atoms with van der Waals surface area (Å²) < 4.78 is 5.40. The first kappa shape index (κ1) is 15.2. The first-order chi connectivity index (χ1) is 11.8. The van der Waals surface area contributed by atoms with E-state index in [1.165, 1.54) is 5.56 Å². The smallest absolute Gasteiger partial charge is 0.231 e. The van der Waals surface area contributed by atoms with Crippen LogP contribution >= 0.6 is 0 Å². The van der Waals surface area contributed by atoms with Gasteiger partial charge in [-0.3, -0.25) is 4.99 Å². The Balaban J connectivity index is 1.46. The summed E-state index contributed by atoms with van der Waals surface area (Å²) in [6, 6.07) is 10.6. The van der Waals surface area contributed by atoms with Gasteiger partial charge >= 0.3 is 0 Å². The van der Waals surface area contributed by atoms with Crippen molar-refractivity contribution < 1.29 is 4.52 Å². The average Bonchev–Trinajstić information content (AvgIpc) is 3.25. The molecule has 6 heteroatoms. The molecular formula is C18H23N5O. The maximum atomic E-state index is 5.40. The van der Waals surface area contributed by atoms with Crippen LogP contribution in [0.4, 0.5) is 0 Å². The average molecular weight is 325 g/mol. The number of aliphatic imine (C=N–C) groups is 1. The van der Waals surface area contributed by atoms with Crippen molar-refractivity contribution in [2.24, 2.45) is 4.99 Å². The van der Waals surface area contributed by atoms with Gasteiger partial charge in [0.25, 0.3) is 0 Å². The number of piperidine rings is 1. The van der Waals surface area contributed by atoms with Gasteiger partial charge in [-0.2, -0.15) is 4.98 Å². The van der Waals surface area contributed by atoms with Crippen LogP contribution in [0.5, 0.6) is 0 Å². The normalized spacial score (nSPS) is 21.2. The second kappa shape index (κ2) is 6.63. The van der Waals surface area contributed by atoms with Crippen molar-refractivity contribution in [2.45, 2.75) is 32.2 Å². The SMILES string of the molecule is Cc1noc(C2CCCN(C3=NCCN3Cc3ccccc3)C2)n1. The standard InChI is InChI=1S/C18H23N5O/c1-14-20-17(24-21-14)16-8-5-10-22(13-16)18-19-9-11-23(18)12-15-6-3-2-4-7-15/h2-4,6-7,16H,5,8-13H2,1H3. The highest BCUT2D eigenvalue weighted by molar-refractivity contribution is 5.81. The Bertz CT molecular complexity index is 711. The molecule has 0 saturated carbocycles. The van der Waals surface area contributed by atoms with Crippen molar-refractivity contribution in [2.75, 3.05) is 26.2 Å². The van der Waals surface area contributed by atoms with Crippen LogP contribution in [-0.2, 0) is 6.54 Å². The van der Waals surface area contributed by atoms with E-state index in [0.717, 1.165) is 57.4 Å². The summed E-state index contributed by atoms with van der Waals surface area (Å²) in [6.07, 6.45) is 2.23. The van der Waals surface area contributed by atoms with E-state index in [0.29, 0.717) is 11.7 Å². The summed E-state index contributed by atoms with van der Waals surface area (Å²) in [6.45, 7) is 6.62. The molecule has 1 unspecified atom stereocenters. The third kappa shape index (κ3) is 3.13. The minimum absolute atomic E-state index is 0.307. The third-order valence-electron chi connectivity index (χ3n) is 4.72. The molecule has 0 bridgehead atoms. The molecule has 4 rings (SSSR count). The summed E-state index contributed by atoms with van der Waals surface area (Å²) in [5.74, 6) is 2.91. The van der Waals surface area contributed by atoms with Gasteiger partial charge in [-0.05, 0) is 25.3 Å². The molecule has 0 N–H and O–H groups in total. The molecule has 1 atom stereocenters. The van der Waals surface area contributed by atoms with Gasteiger partial charge in [0.2, 0.25) is 5.89 Å². The Labute approximate surface area is 142 Å². The zero-order valence-electron chi connectivity index (χ0n) is 14.1. The summed E-state index contributed by atoms with van der Waals surface area (Å²) in [4.78, 5) is 14.0. The van der Waals surface area contributed by atoms with Gasteiger partial charge in [-0.25, -0.2) is 0 Å². The zero-order valence-corrected chi connectivity index (χ0v) is 14.1. The van der Waals surface area contributed by atoms with Gasteiger partial charge in [0.05, 0.1) is 12.5 Å². The maximum absolute atomic E-state index is 5.40. The molecule has 1 aromatic heterocycles. The molecule has 0 aliphatic carbocycles. The number of benzene rings is 1. The Morgan fingerprint density at radius 1 is 1.21 bits per heavy atom. The molecule has 1 fully saturated rings. The molecule has 2 aliphatic heterocycles. The maximum Gasteiger partial charge on any atom is 0.231 e. The van der Waals surface area contributed by atoms with E-state index in [9.17, 15) is 0 Å². The lowest BCUT2D eigenvalue weighted by atomic mass is 9.98. The minimum atomic E-state index is 0.307. The monoisotopic (exact) mass is 325 g/mol. The molecule has 2 aromatic rings. The minimum Gasteiger partial charge on any atom is -0.342 e. The van der Waals surface area contributed by atoms with Crippen LogP contribution in [0.1, 0.15) is 36.0 Å². The molecule has 0 amide bonds. The largest absolute Gasteiger partial charge is 0.342 e. The highest BCUT2D eigenvalue weighted by Crippen LogP contribution is 2.27. The number of rotatable bonds is 3. The quantitative estimate of drug-likeness (QED) is 0.867. The number of aryl methyl sites for hydroxylation is 1. The summed E-state index contributed by atoms with van der Waals surface area (Å²) in [5.41, 5.74) is 1.33. The number of aromatic nitrogens is 2. The molecule has 24 heavy (non-hydrogen) atoms. The summed E-state index contributed by atoms with van der Waals surface area (Å²) in [5, 5.41) is 3.94. The van der Waals surface area contributed by atoms with Gasteiger partial charge in [0.1, 0.15) is 0 Å². The molecular weight excluding hydrogens is 302 g/mol. The molecule has 0 spiro atoms. The van der Waals surface area contributed by atoms with E-state index >= 15 is 0 Å². The Morgan fingerprint density at radius 2 is 2.08 bits per heavy atom. The molecule has 2 aliphatic rings. The van der Waals surface area contributed by atoms with Crippen molar-refractivity contribution in [3.05, 3.63) is 47.6 Å². The fraction of sp³-hybridized carbons (Fsp3) is 0.500. The highest BCUT2D eigenvalue weighted by Gasteiger charge is 2.30. The van der Waals surface area contributed by atoms with Crippen molar-refractivity contribution in [3.8, 4) is 0 Å². The number of hydrogen-bond acceptors (Lipinski definition) is 6. The second-order valence-electron chi connectivity index (χ2n) is 6.55. The van der Waals surface area contributed by atoms with Crippen LogP contribution in [0.25, 0.3) is 0 Å². The Kier molecular flexibility index (Phi) is 4.19. The predicted octanol–water partition coefficient (Wildman–Crippen LogP) is 2.43. The van der Waals surface area contributed by atoms with Gasteiger partial charge in [0, 0.05) is 26.2 Å². The van der Waals surface area contributed by atoms with E-state index < -0.39 is 0 Å². The van der Waals surface area contributed by atoms with Gasteiger partial charge in [-0.15, -0.1) is 0 Å². The van der Waals surface area contributed by atoms with Gasteiger partial charge in [0.15, 0.2) is 11.8 Å². The van der Waals surface area contributed by atoms with Crippen LogP contribution < -0.4 is 0 Å². The van der Waals surface area contributed by atoms with E-state index in [-0.39, 0.29) is 0 Å². The van der Waals surface area contributed by atoms with Crippen LogP contribution in [0, 0.1) is 6.92 Å². The highest BCUT2D eigenvalue weighted by atomic mass is 16.5. The topological polar surface area (TPSA) is 57.8 Å². The Hall–Kier alpha value is -2.37. The van der Waals surface area contributed by atoms with E-state index in [4.69, 9.17) is 9.52 Å². The van der Waals surface area contributed by atoms with E-state index in [2.05, 4.69) is 50.3 Å². The second-order valence-corrected chi connectivity index (χ2v) is 6.55. The molecule has 126 valence electrons. The molecule has 0 radical (unpaired) electrons. The number of likely N-dealkylation sites (tertiary alicyclic amines) is 1. The Morgan fingerprint density at radius 3 is 2.88 bits per heavy atom. The third-order valence-corrected chi connectivity index (χ3v) is 4.72. The van der Waals surface area contributed by atoms with Crippen molar-refractivity contribution >= 4 is 5.96 Å². The summed E-state index contributed by atoms with van der Waals surface area (Å²) in [7, 11) is 0. The number of guanidine groups is 1. The molecule has 1 aromatic carbocycles. The van der Waals surface area contributed by atoms with E-state index in [1.54, 1.807) is 0 Å². The zero-order chi connectivity index (χ0) is 16.4. The van der Waals surface area contributed by atoms with Gasteiger partial charge in [-0.1, -0.05) is 35.5 Å². The van der Waals surface area contributed by atoms with Crippen molar-refractivity contribution in [3.63, 3.8) is 0 Å². The molecule has 1 saturated heterocycles. The van der Waals surface area contributed by atoms with Crippen LogP contribution in [0.2, 0.25) is 0 Å². The first-order valence-corrected chi connectivity index (χ1v) is 8.68. The van der Waals surface area contributed by atoms with Crippen molar-refractivity contribution in [1.82, 2.24) is 19.9 Å². The van der Waals surface area contributed by atoms with Gasteiger partial charge < -0.3 is 14.3 Å².